The predicted molar refractivity (Wildman–Crippen MR) is 68.1 cm³/mol. The Kier molecular flexibility index (Phi) is 4.24. The Morgan fingerprint density at radius 2 is 1.85 bits per heavy atom. The molecular weight excluding hydrogens is 313 g/mol. The first-order valence-corrected chi connectivity index (χ1v) is 9.65. The third kappa shape index (κ3) is 3.05. The van der Waals surface area contributed by atoms with E-state index in [1.54, 1.807) is 30.3 Å². The summed E-state index contributed by atoms with van der Waals surface area (Å²) in [5.41, 5.74) is -5.42. The van der Waals surface area contributed by atoms with E-state index >= 15 is 0 Å². The normalized spacial score (nSPS) is 24.6. The molecule has 1 saturated heterocycles. The minimum atomic E-state index is -5.62. The van der Waals surface area contributed by atoms with Crippen molar-refractivity contribution in [2.45, 2.75) is 18.0 Å². The molecule has 1 aromatic rings. The van der Waals surface area contributed by atoms with Crippen LogP contribution in [0, 0.1) is 0 Å². The minimum absolute atomic E-state index is 0.0909. The molecule has 0 aliphatic carbocycles. The lowest BCUT2D eigenvalue weighted by Gasteiger charge is -2.34. The lowest BCUT2D eigenvalue weighted by Crippen LogP contribution is -2.59. The van der Waals surface area contributed by atoms with Crippen LogP contribution >= 0.6 is 0 Å². The van der Waals surface area contributed by atoms with Gasteiger partial charge in [0.05, 0.1) is 6.23 Å². The summed E-state index contributed by atoms with van der Waals surface area (Å²) in [5, 5.41) is 0.493. The molecule has 0 spiro atoms. The second-order valence-corrected chi connectivity index (χ2v) is 9.89. The van der Waals surface area contributed by atoms with Crippen LogP contribution in [-0.2, 0) is 18.7 Å². The molecule has 0 aromatic heterocycles. The zero-order chi connectivity index (χ0) is 14.9. The van der Waals surface area contributed by atoms with E-state index in [0.29, 0.717) is 18.2 Å². The third-order valence-electron chi connectivity index (χ3n) is 3.06. The van der Waals surface area contributed by atoms with E-state index in [1.165, 1.54) is 0 Å². The van der Waals surface area contributed by atoms with Gasteiger partial charge in [0.15, 0.2) is 0 Å². The number of alkyl halides is 3. The van der Waals surface area contributed by atoms with Crippen molar-refractivity contribution in [3.8, 4) is 0 Å². The van der Waals surface area contributed by atoms with Crippen LogP contribution in [0.3, 0.4) is 0 Å². The number of benzene rings is 1. The fraction of sp³-hybridized carbons (Fsp3) is 0.455. The van der Waals surface area contributed by atoms with E-state index in [0.717, 1.165) is 0 Å². The molecule has 1 unspecified atom stereocenters. The highest BCUT2D eigenvalue weighted by atomic mass is 32.2. The largest absolute Gasteiger partial charge is 0.522 e. The molecule has 0 radical (unpaired) electrons. The Morgan fingerprint density at radius 1 is 1.20 bits per heavy atom. The van der Waals surface area contributed by atoms with E-state index in [-0.39, 0.29) is 12.3 Å². The molecule has 0 bridgehead atoms. The molecule has 1 aliphatic heterocycles. The molecule has 2 rings (SSSR count). The van der Waals surface area contributed by atoms with Crippen molar-refractivity contribution >= 4 is 23.6 Å². The van der Waals surface area contributed by atoms with Crippen LogP contribution in [0.1, 0.15) is 6.42 Å². The molecule has 1 fully saturated rings. The summed E-state index contributed by atoms with van der Waals surface area (Å²) in [5.74, 6) is 0. The fourth-order valence-corrected chi connectivity index (χ4v) is 7.67. The first-order valence-electron chi connectivity index (χ1n) is 5.92. The van der Waals surface area contributed by atoms with Crippen LogP contribution in [0.2, 0.25) is 6.04 Å². The molecule has 1 atom stereocenters. The van der Waals surface area contributed by atoms with Crippen LogP contribution < -0.4 is 5.19 Å². The molecule has 1 aliphatic rings. The molecule has 1 aromatic carbocycles. The first-order chi connectivity index (χ1) is 9.27. The predicted octanol–water partition coefficient (Wildman–Crippen LogP) is 1.66. The number of ether oxygens (including phenoxy) is 1. The first kappa shape index (κ1) is 15.5. The number of hydrogen-bond donors (Lipinski definition) is 0. The van der Waals surface area contributed by atoms with Gasteiger partial charge in [-0.1, -0.05) is 30.3 Å². The highest BCUT2D eigenvalue weighted by Gasteiger charge is 2.54. The van der Waals surface area contributed by atoms with E-state index in [2.05, 4.69) is 3.87 Å². The van der Waals surface area contributed by atoms with E-state index in [4.69, 9.17) is 4.74 Å². The van der Waals surface area contributed by atoms with E-state index in [9.17, 15) is 21.6 Å². The van der Waals surface area contributed by atoms with Crippen LogP contribution in [-0.4, -0.2) is 35.1 Å². The highest BCUT2D eigenvalue weighted by molar-refractivity contribution is 7.88. The van der Waals surface area contributed by atoms with Crippen molar-refractivity contribution in [2.24, 2.45) is 0 Å². The zero-order valence-electron chi connectivity index (χ0n) is 10.4. The topological polar surface area (TPSA) is 52.6 Å². The fourth-order valence-electron chi connectivity index (χ4n) is 2.11. The van der Waals surface area contributed by atoms with Gasteiger partial charge >= 0.3 is 15.6 Å². The maximum Gasteiger partial charge on any atom is 0.522 e. The molecule has 0 saturated carbocycles. The van der Waals surface area contributed by atoms with Gasteiger partial charge in [-0.15, -0.1) is 0 Å². The van der Waals surface area contributed by atoms with Crippen LogP contribution in [0.5, 0.6) is 0 Å². The Bertz CT molecular complexity index is 553. The molecule has 4 nitrogen and oxygen atoms in total. The Hall–Kier alpha value is -0.903. The minimum Gasteiger partial charge on any atom is -0.382 e. The second-order valence-electron chi connectivity index (χ2n) is 4.50. The van der Waals surface area contributed by atoms with Gasteiger partial charge < -0.3 is 4.74 Å². The summed E-state index contributed by atoms with van der Waals surface area (Å²) in [6.07, 6.45) is 0.390. The monoisotopic (exact) mass is 326 g/mol. The standard InChI is InChI=1S/C11H13F3O4SSi/c12-11(13,14)19(15,16)18-20(8-4-7-17-9-20)10-5-2-1-3-6-10/h1-3,5-6H,4,7-9H2. The summed E-state index contributed by atoms with van der Waals surface area (Å²) < 4.78 is 70.2. The van der Waals surface area contributed by atoms with Crippen molar-refractivity contribution in [1.29, 1.82) is 0 Å². The molecular formula is C11H13F3O4SSi. The van der Waals surface area contributed by atoms with Crippen molar-refractivity contribution in [1.82, 2.24) is 0 Å². The highest BCUT2D eigenvalue weighted by Crippen LogP contribution is 2.30. The van der Waals surface area contributed by atoms with Gasteiger partial charge in [0.2, 0.25) is 0 Å². The molecule has 20 heavy (non-hydrogen) atoms. The Morgan fingerprint density at radius 3 is 2.35 bits per heavy atom. The van der Waals surface area contributed by atoms with Crippen LogP contribution in [0.25, 0.3) is 0 Å². The smallest absolute Gasteiger partial charge is 0.382 e. The van der Waals surface area contributed by atoms with Gasteiger partial charge in [-0.2, -0.15) is 21.6 Å². The van der Waals surface area contributed by atoms with Crippen molar-refractivity contribution < 1.29 is 30.2 Å². The van der Waals surface area contributed by atoms with E-state index < -0.39 is 23.9 Å². The van der Waals surface area contributed by atoms with Gasteiger partial charge in [0.25, 0.3) is 8.32 Å². The van der Waals surface area contributed by atoms with Crippen molar-refractivity contribution in [3.63, 3.8) is 0 Å². The quantitative estimate of drug-likeness (QED) is 0.626. The van der Waals surface area contributed by atoms with Gasteiger partial charge in [-0.25, -0.2) is 0 Å². The molecule has 1 heterocycles. The van der Waals surface area contributed by atoms with Gasteiger partial charge in [-0.3, -0.25) is 3.87 Å². The lowest BCUT2D eigenvalue weighted by molar-refractivity contribution is -0.0506. The van der Waals surface area contributed by atoms with Crippen molar-refractivity contribution in [3.05, 3.63) is 30.3 Å². The number of halogens is 3. The average molecular weight is 326 g/mol. The van der Waals surface area contributed by atoms with Gasteiger partial charge in [-0.05, 0) is 17.7 Å². The van der Waals surface area contributed by atoms with Crippen LogP contribution in [0.4, 0.5) is 13.2 Å². The molecule has 112 valence electrons. The van der Waals surface area contributed by atoms with Gasteiger partial charge in [0, 0.05) is 6.61 Å². The van der Waals surface area contributed by atoms with Gasteiger partial charge in [0.1, 0.15) is 0 Å². The summed E-state index contributed by atoms with van der Waals surface area (Å²) in [4.78, 5) is 0. The maximum absolute atomic E-state index is 12.5. The molecule has 0 N–H and O–H groups in total. The summed E-state index contributed by atoms with van der Waals surface area (Å²) in [6, 6.07) is 8.45. The Labute approximate surface area is 115 Å². The lowest BCUT2D eigenvalue weighted by atomic mass is 10.4. The third-order valence-corrected chi connectivity index (χ3v) is 9.00. The summed E-state index contributed by atoms with van der Waals surface area (Å²) >= 11 is 0. The maximum atomic E-state index is 12.5. The molecule has 9 heteroatoms. The zero-order valence-corrected chi connectivity index (χ0v) is 12.2. The average Bonchev–Trinajstić information content (AvgIpc) is 2.39. The Balaban J connectivity index is 2.39. The van der Waals surface area contributed by atoms with Crippen molar-refractivity contribution in [2.75, 3.05) is 12.8 Å². The molecule has 0 amide bonds. The number of hydrogen-bond acceptors (Lipinski definition) is 4. The number of rotatable bonds is 3. The summed E-state index contributed by atoms with van der Waals surface area (Å²) in [6.45, 7) is 0.400. The van der Waals surface area contributed by atoms with E-state index in [1.807, 2.05) is 0 Å². The second kappa shape index (κ2) is 5.47. The van der Waals surface area contributed by atoms with Crippen LogP contribution in [0.15, 0.2) is 30.3 Å². The SMILES string of the molecule is O=S(=O)(O[Si]1(c2ccccc2)CCCOC1)C(F)(F)F. The summed E-state index contributed by atoms with van der Waals surface area (Å²) in [7, 11) is -8.96.